The van der Waals surface area contributed by atoms with Gasteiger partial charge < -0.3 is 10.4 Å². The molecule has 1 rings (SSSR count). The summed E-state index contributed by atoms with van der Waals surface area (Å²) in [5.41, 5.74) is 0.119. The van der Waals surface area contributed by atoms with E-state index in [1.165, 1.54) is 18.3 Å². The van der Waals surface area contributed by atoms with Crippen molar-refractivity contribution in [2.45, 2.75) is 6.42 Å². The van der Waals surface area contributed by atoms with E-state index in [2.05, 4.69) is 10.3 Å². The van der Waals surface area contributed by atoms with Crippen molar-refractivity contribution in [1.82, 2.24) is 4.98 Å². The van der Waals surface area contributed by atoms with Gasteiger partial charge in [-0.1, -0.05) is 0 Å². The molecule has 17 heavy (non-hydrogen) atoms. The monoisotopic (exact) mass is 259 g/mol. The number of sulfonamides is 1. The minimum atomic E-state index is -3.45. The van der Waals surface area contributed by atoms with Crippen molar-refractivity contribution in [2.75, 3.05) is 17.6 Å². The molecule has 0 radical (unpaired) electrons. The van der Waals surface area contributed by atoms with Crippen LogP contribution in [0.5, 0.6) is 0 Å². The molecule has 0 saturated heterocycles. The normalized spacial score (nSPS) is 11.1. The molecule has 1 heterocycles. The average Bonchev–Trinajstić information content (AvgIpc) is 2.23. The van der Waals surface area contributed by atoms with Gasteiger partial charge in [0, 0.05) is 12.7 Å². The molecule has 0 aliphatic rings. The molecule has 0 amide bonds. The lowest BCUT2D eigenvalue weighted by molar-refractivity contribution is 0.0697. The van der Waals surface area contributed by atoms with Crippen LogP contribution in [-0.2, 0) is 10.0 Å². The number of nitrogens with one attached hydrogen (secondary N) is 1. The molecule has 0 saturated carbocycles. The highest BCUT2D eigenvalue weighted by atomic mass is 32.2. The van der Waals surface area contributed by atoms with E-state index in [4.69, 9.17) is 10.2 Å². The van der Waals surface area contributed by atoms with Crippen molar-refractivity contribution < 1.29 is 18.3 Å². The Bertz CT molecular complexity index is 501. The van der Waals surface area contributed by atoms with Gasteiger partial charge in [0.25, 0.3) is 0 Å². The summed E-state index contributed by atoms with van der Waals surface area (Å²) in [5.74, 6) is -0.780. The zero-order chi connectivity index (χ0) is 12.9. The summed E-state index contributed by atoms with van der Waals surface area (Å²) in [6.07, 6.45) is 1.70. The maximum absolute atomic E-state index is 10.7. The lowest BCUT2D eigenvalue weighted by atomic mass is 10.2. The first-order valence-electron chi connectivity index (χ1n) is 4.82. The van der Waals surface area contributed by atoms with E-state index in [1.54, 1.807) is 0 Å². The number of carboxylic acids is 1. The summed E-state index contributed by atoms with van der Waals surface area (Å²) in [5, 5.41) is 16.4. The maximum atomic E-state index is 10.7. The van der Waals surface area contributed by atoms with Crippen LogP contribution in [0.25, 0.3) is 0 Å². The average molecular weight is 259 g/mol. The van der Waals surface area contributed by atoms with Crippen LogP contribution in [0.3, 0.4) is 0 Å². The number of nitrogens with zero attached hydrogens (tertiary/aromatic N) is 1. The number of nitrogens with two attached hydrogens (primary N) is 1. The summed E-state index contributed by atoms with van der Waals surface area (Å²) in [7, 11) is -3.45. The molecule has 0 aliphatic carbocycles. The number of carboxylic acid groups (broad SMARTS) is 1. The lowest BCUT2D eigenvalue weighted by Gasteiger charge is -2.05. The van der Waals surface area contributed by atoms with Gasteiger partial charge in [0.2, 0.25) is 10.0 Å². The summed E-state index contributed by atoms with van der Waals surface area (Å²) in [6, 6.07) is 2.75. The summed E-state index contributed by atoms with van der Waals surface area (Å²) >= 11 is 0. The highest BCUT2D eigenvalue weighted by Gasteiger charge is 2.05. The molecule has 1 aromatic rings. The first kappa shape index (κ1) is 13.4. The quantitative estimate of drug-likeness (QED) is 0.612. The molecule has 0 unspecified atom stereocenters. The second kappa shape index (κ2) is 5.60. The fraction of sp³-hybridized carbons (Fsp3) is 0.333. The van der Waals surface area contributed by atoms with Crippen LogP contribution in [0.2, 0.25) is 0 Å². The van der Waals surface area contributed by atoms with E-state index in [1.807, 2.05) is 0 Å². The smallest absolute Gasteiger partial charge is 0.335 e. The largest absolute Gasteiger partial charge is 0.478 e. The zero-order valence-corrected chi connectivity index (χ0v) is 9.77. The molecule has 0 aliphatic heterocycles. The van der Waals surface area contributed by atoms with Gasteiger partial charge in [-0.25, -0.2) is 23.3 Å². The fourth-order valence-electron chi connectivity index (χ4n) is 1.15. The van der Waals surface area contributed by atoms with Crippen molar-refractivity contribution >= 4 is 21.8 Å². The standard InChI is InChI=1S/C9H13N3O4S/c10-17(15,16)5-1-3-11-8-6-7(9(13)14)2-4-12-8/h2,4,6H,1,3,5H2,(H,11,12)(H,13,14)(H2,10,15,16). The number of anilines is 1. The Balaban J connectivity index is 2.47. The Morgan fingerprint density at radius 2 is 2.24 bits per heavy atom. The topological polar surface area (TPSA) is 122 Å². The van der Waals surface area contributed by atoms with Gasteiger partial charge in [0.05, 0.1) is 11.3 Å². The van der Waals surface area contributed by atoms with Crippen molar-refractivity contribution in [2.24, 2.45) is 5.14 Å². The third-order valence-electron chi connectivity index (χ3n) is 1.92. The second-order valence-electron chi connectivity index (χ2n) is 3.38. The van der Waals surface area contributed by atoms with Gasteiger partial charge in [0.15, 0.2) is 0 Å². The molecule has 0 bridgehead atoms. The van der Waals surface area contributed by atoms with Crippen LogP contribution < -0.4 is 10.5 Å². The molecule has 0 spiro atoms. The van der Waals surface area contributed by atoms with Crippen LogP contribution in [0.1, 0.15) is 16.8 Å². The lowest BCUT2D eigenvalue weighted by Crippen LogP contribution is -2.18. The molecule has 0 aromatic carbocycles. The Morgan fingerprint density at radius 1 is 1.53 bits per heavy atom. The van der Waals surface area contributed by atoms with E-state index in [0.717, 1.165) is 0 Å². The zero-order valence-electron chi connectivity index (χ0n) is 8.96. The Morgan fingerprint density at radius 3 is 2.82 bits per heavy atom. The van der Waals surface area contributed by atoms with Gasteiger partial charge >= 0.3 is 5.97 Å². The summed E-state index contributed by atoms with van der Waals surface area (Å²) in [6.45, 7) is 0.354. The van der Waals surface area contributed by atoms with E-state index in [0.29, 0.717) is 18.8 Å². The van der Waals surface area contributed by atoms with Gasteiger partial charge in [0.1, 0.15) is 5.82 Å². The first-order chi connectivity index (χ1) is 7.88. The molecule has 0 atom stereocenters. The highest BCUT2D eigenvalue weighted by molar-refractivity contribution is 7.89. The van der Waals surface area contributed by atoms with Crippen molar-refractivity contribution in [3.05, 3.63) is 23.9 Å². The van der Waals surface area contributed by atoms with Crippen LogP contribution in [0.4, 0.5) is 5.82 Å². The Hall–Kier alpha value is -1.67. The second-order valence-corrected chi connectivity index (χ2v) is 5.12. The van der Waals surface area contributed by atoms with Gasteiger partial charge in [-0.15, -0.1) is 0 Å². The predicted molar refractivity (Wildman–Crippen MR) is 62.3 cm³/mol. The number of aromatic carboxylic acids is 1. The van der Waals surface area contributed by atoms with E-state index in [-0.39, 0.29) is 11.3 Å². The van der Waals surface area contributed by atoms with Crippen LogP contribution in [-0.4, -0.2) is 36.8 Å². The molecule has 0 fully saturated rings. The Labute approximate surface area is 98.7 Å². The molecule has 8 heteroatoms. The number of carbonyl (C=O) groups is 1. The number of primary sulfonamides is 1. The molecule has 7 nitrogen and oxygen atoms in total. The van der Waals surface area contributed by atoms with Crippen LogP contribution in [0, 0.1) is 0 Å². The first-order valence-corrected chi connectivity index (χ1v) is 6.54. The third kappa shape index (κ3) is 5.27. The van der Waals surface area contributed by atoms with Gasteiger partial charge in [-0.3, -0.25) is 0 Å². The SMILES string of the molecule is NS(=O)(=O)CCCNc1cc(C(=O)O)ccn1. The third-order valence-corrected chi connectivity index (χ3v) is 2.78. The summed E-state index contributed by atoms with van der Waals surface area (Å²) < 4.78 is 21.3. The highest BCUT2D eigenvalue weighted by Crippen LogP contribution is 2.06. The number of rotatable bonds is 6. The predicted octanol–water partition coefficient (Wildman–Crippen LogP) is -0.130. The minimum Gasteiger partial charge on any atom is -0.478 e. The number of pyridine rings is 1. The number of aromatic nitrogens is 1. The van der Waals surface area contributed by atoms with Crippen molar-refractivity contribution in [3.8, 4) is 0 Å². The van der Waals surface area contributed by atoms with Crippen molar-refractivity contribution in [1.29, 1.82) is 0 Å². The molecule has 4 N–H and O–H groups in total. The summed E-state index contributed by atoms with van der Waals surface area (Å²) in [4.78, 5) is 14.6. The number of hydrogen-bond donors (Lipinski definition) is 3. The fourth-order valence-corrected chi connectivity index (χ4v) is 1.70. The van der Waals surface area contributed by atoms with Gasteiger partial charge in [-0.05, 0) is 18.6 Å². The molecular weight excluding hydrogens is 246 g/mol. The molecule has 94 valence electrons. The molecule has 1 aromatic heterocycles. The van der Waals surface area contributed by atoms with Crippen LogP contribution in [0.15, 0.2) is 18.3 Å². The van der Waals surface area contributed by atoms with Crippen molar-refractivity contribution in [3.63, 3.8) is 0 Å². The Kier molecular flexibility index (Phi) is 4.41. The van der Waals surface area contributed by atoms with E-state index < -0.39 is 16.0 Å². The van der Waals surface area contributed by atoms with E-state index in [9.17, 15) is 13.2 Å². The number of hydrogen-bond acceptors (Lipinski definition) is 5. The minimum absolute atomic E-state index is 0.119. The van der Waals surface area contributed by atoms with Crippen LogP contribution >= 0.6 is 0 Å². The maximum Gasteiger partial charge on any atom is 0.335 e. The molecular formula is C9H13N3O4S. The van der Waals surface area contributed by atoms with E-state index >= 15 is 0 Å². The van der Waals surface area contributed by atoms with Gasteiger partial charge in [-0.2, -0.15) is 0 Å².